The van der Waals surface area contributed by atoms with Crippen molar-refractivity contribution >= 4 is 29.1 Å². The zero-order chi connectivity index (χ0) is 19.0. The van der Waals surface area contributed by atoms with E-state index in [2.05, 4.69) is 17.5 Å². The lowest BCUT2D eigenvalue weighted by molar-refractivity contribution is -0.135. The van der Waals surface area contributed by atoms with E-state index in [9.17, 15) is 14.4 Å². The Bertz CT molecular complexity index is 814. The molecule has 4 heterocycles. The van der Waals surface area contributed by atoms with Gasteiger partial charge in [-0.15, -0.1) is 11.3 Å². The SMILES string of the molecule is N#C[C@@H]1CCCN1C(=O)[C@@H]1C[C@@H](CC(=O)N2CCc3ccsc3C2)C(=O)N1. The smallest absolute Gasteiger partial charge is 0.246 e. The number of carbonyl (C=O) groups excluding carboxylic acids is 3. The fourth-order valence-corrected chi connectivity index (χ4v) is 5.18. The van der Waals surface area contributed by atoms with Crippen LogP contribution in [0.15, 0.2) is 11.4 Å². The summed E-state index contributed by atoms with van der Waals surface area (Å²) in [6.45, 7) is 1.85. The number of rotatable bonds is 3. The second-order valence-corrected chi connectivity index (χ2v) is 8.45. The molecule has 1 aromatic heterocycles. The lowest BCUT2D eigenvalue weighted by Gasteiger charge is -2.27. The third-order valence-corrected chi connectivity index (χ3v) is 6.74. The number of hydrogen-bond donors (Lipinski definition) is 1. The van der Waals surface area contributed by atoms with Gasteiger partial charge < -0.3 is 15.1 Å². The number of amides is 3. The molecule has 1 N–H and O–H groups in total. The third kappa shape index (κ3) is 3.44. The molecular weight excluding hydrogens is 364 g/mol. The Morgan fingerprint density at radius 1 is 1.37 bits per heavy atom. The van der Waals surface area contributed by atoms with E-state index in [-0.39, 0.29) is 24.1 Å². The summed E-state index contributed by atoms with van der Waals surface area (Å²) < 4.78 is 0. The van der Waals surface area contributed by atoms with Crippen molar-refractivity contribution in [3.8, 4) is 6.07 Å². The predicted octanol–water partition coefficient (Wildman–Crippen LogP) is 1.04. The second-order valence-electron chi connectivity index (χ2n) is 7.45. The summed E-state index contributed by atoms with van der Waals surface area (Å²) in [5.74, 6) is -0.926. The van der Waals surface area contributed by atoms with Crippen LogP contribution in [0.2, 0.25) is 0 Å². The van der Waals surface area contributed by atoms with E-state index in [1.807, 2.05) is 10.3 Å². The highest BCUT2D eigenvalue weighted by Gasteiger charge is 2.42. The Morgan fingerprint density at radius 3 is 3.04 bits per heavy atom. The molecule has 2 fully saturated rings. The number of nitrogens with one attached hydrogen (secondary N) is 1. The zero-order valence-corrected chi connectivity index (χ0v) is 15.8. The number of nitrogens with zero attached hydrogens (tertiary/aromatic N) is 3. The van der Waals surface area contributed by atoms with Gasteiger partial charge >= 0.3 is 0 Å². The number of fused-ring (bicyclic) bond motifs is 1. The second kappa shape index (κ2) is 7.31. The van der Waals surface area contributed by atoms with Crippen molar-refractivity contribution in [2.75, 3.05) is 13.1 Å². The van der Waals surface area contributed by atoms with Crippen LogP contribution < -0.4 is 5.32 Å². The van der Waals surface area contributed by atoms with Crippen molar-refractivity contribution in [3.63, 3.8) is 0 Å². The summed E-state index contributed by atoms with van der Waals surface area (Å²) in [5.41, 5.74) is 1.31. The van der Waals surface area contributed by atoms with Gasteiger partial charge in [-0.3, -0.25) is 14.4 Å². The average molecular weight is 386 g/mol. The molecule has 4 rings (SSSR count). The molecule has 3 amide bonds. The van der Waals surface area contributed by atoms with Gasteiger partial charge in [0.1, 0.15) is 12.1 Å². The molecule has 3 atom stereocenters. The maximum absolute atomic E-state index is 12.7. The molecule has 3 aliphatic rings. The van der Waals surface area contributed by atoms with Crippen molar-refractivity contribution in [2.45, 2.75) is 50.7 Å². The van der Waals surface area contributed by atoms with Crippen LogP contribution in [0.5, 0.6) is 0 Å². The summed E-state index contributed by atoms with van der Waals surface area (Å²) >= 11 is 1.66. The van der Waals surface area contributed by atoms with Crippen molar-refractivity contribution in [1.82, 2.24) is 15.1 Å². The molecular formula is C19H22N4O3S. The highest BCUT2D eigenvalue weighted by Crippen LogP contribution is 2.28. The fourth-order valence-electron chi connectivity index (χ4n) is 4.23. The van der Waals surface area contributed by atoms with Gasteiger partial charge in [-0.1, -0.05) is 0 Å². The number of hydrogen-bond acceptors (Lipinski definition) is 5. The summed E-state index contributed by atoms with van der Waals surface area (Å²) in [5, 5.41) is 14.0. The maximum atomic E-state index is 12.7. The minimum atomic E-state index is -0.616. The molecule has 8 heteroatoms. The van der Waals surface area contributed by atoms with Gasteiger partial charge in [0.15, 0.2) is 0 Å². The molecule has 142 valence electrons. The molecule has 1 aromatic rings. The minimum Gasteiger partial charge on any atom is -0.344 e. The van der Waals surface area contributed by atoms with Crippen molar-refractivity contribution in [1.29, 1.82) is 5.26 Å². The Labute approximate surface area is 161 Å². The van der Waals surface area contributed by atoms with Crippen LogP contribution in [0, 0.1) is 17.2 Å². The molecule has 0 radical (unpaired) electrons. The van der Waals surface area contributed by atoms with Gasteiger partial charge in [-0.25, -0.2) is 0 Å². The number of carbonyl (C=O) groups is 3. The first-order valence-corrected chi connectivity index (χ1v) is 10.3. The Morgan fingerprint density at radius 2 is 2.22 bits per heavy atom. The molecule has 0 saturated carbocycles. The monoisotopic (exact) mass is 386 g/mol. The Hall–Kier alpha value is -2.40. The van der Waals surface area contributed by atoms with Gasteiger partial charge in [-0.05, 0) is 42.7 Å². The number of likely N-dealkylation sites (tertiary alicyclic amines) is 1. The van der Waals surface area contributed by atoms with E-state index >= 15 is 0 Å². The molecule has 7 nitrogen and oxygen atoms in total. The van der Waals surface area contributed by atoms with E-state index in [4.69, 9.17) is 5.26 Å². The van der Waals surface area contributed by atoms with Crippen LogP contribution in [0.3, 0.4) is 0 Å². The van der Waals surface area contributed by atoms with E-state index in [0.29, 0.717) is 32.5 Å². The first-order valence-electron chi connectivity index (χ1n) is 9.40. The first-order chi connectivity index (χ1) is 13.1. The molecule has 0 aromatic carbocycles. The zero-order valence-electron chi connectivity index (χ0n) is 15.0. The Balaban J connectivity index is 1.35. The summed E-state index contributed by atoms with van der Waals surface area (Å²) in [4.78, 5) is 42.3. The van der Waals surface area contributed by atoms with Crippen molar-refractivity contribution in [3.05, 3.63) is 21.9 Å². The van der Waals surface area contributed by atoms with Crippen LogP contribution in [-0.2, 0) is 27.3 Å². The highest BCUT2D eigenvalue weighted by molar-refractivity contribution is 7.10. The van der Waals surface area contributed by atoms with E-state index < -0.39 is 18.0 Å². The van der Waals surface area contributed by atoms with Crippen LogP contribution in [0.1, 0.15) is 36.1 Å². The molecule has 2 saturated heterocycles. The molecule has 3 aliphatic heterocycles. The maximum Gasteiger partial charge on any atom is 0.246 e. The highest BCUT2D eigenvalue weighted by atomic mass is 32.1. The summed E-state index contributed by atoms with van der Waals surface area (Å²) in [7, 11) is 0. The molecule has 0 spiro atoms. The lowest BCUT2D eigenvalue weighted by atomic mass is 9.99. The topological polar surface area (TPSA) is 93.5 Å². The quantitative estimate of drug-likeness (QED) is 0.840. The Kier molecular flexibility index (Phi) is 4.87. The fraction of sp³-hybridized carbons (Fsp3) is 0.579. The summed E-state index contributed by atoms with van der Waals surface area (Å²) in [6, 6.07) is 3.25. The van der Waals surface area contributed by atoms with E-state index in [1.165, 1.54) is 10.4 Å². The summed E-state index contributed by atoms with van der Waals surface area (Å²) in [6.07, 6.45) is 2.82. The van der Waals surface area contributed by atoms with Gasteiger partial charge in [0.05, 0.1) is 12.6 Å². The van der Waals surface area contributed by atoms with Crippen molar-refractivity contribution in [2.24, 2.45) is 5.92 Å². The predicted molar refractivity (Wildman–Crippen MR) is 98.4 cm³/mol. The van der Waals surface area contributed by atoms with Crippen LogP contribution in [-0.4, -0.2) is 52.7 Å². The standard InChI is InChI=1S/C19H22N4O3S/c20-10-14-2-1-5-23(14)19(26)15-8-13(18(25)21-15)9-17(24)22-6-3-12-4-7-27-16(12)11-22/h4,7,13-15H,1-3,5-6,8-9,11H2,(H,21,25)/t13-,14-,15-/m0/s1. The largest absolute Gasteiger partial charge is 0.344 e. The average Bonchev–Trinajstić information content (AvgIpc) is 3.40. The number of thiophene rings is 1. The van der Waals surface area contributed by atoms with Crippen LogP contribution in [0.25, 0.3) is 0 Å². The van der Waals surface area contributed by atoms with Crippen LogP contribution >= 0.6 is 11.3 Å². The molecule has 27 heavy (non-hydrogen) atoms. The van der Waals surface area contributed by atoms with Gasteiger partial charge in [-0.2, -0.15) is 5.26 Å². The van der Waals surface area contributed by atoms with E-state index in [1.54, 1.807) is 16.2 Å². The molecule has 0 unspecified atom stereocenters. The normalized spacial score (nSPS) is 27.2. The van der Waals surface area contributed by atoms with Crippen molar-refractivity contribution < 1.29 is 14.4 Å². The molecule has 0 bridgehead atoms. The van der Waals surface area contributed by atoms with Gasteiger partial charge in [0.25, 0.3) is 0 Å². The van der Waals surface area contributed by atoms with Gasteiger partial charge in [0, 0.05) is 30.3 Å². The third-order valence-electron chi connectivity index (χ3n) is 5.79. The minimum absolute atomic E-state index is 0.0293. The number of nitriles is 1. The molecule has 0 aliphatic carbocycles. The van der Waals surface area contributed by atoms with E-state index in [0.717, 1.165) is 12.8 Å². The van der Waals surface area contributed by atoms with Gasteiger partial charge in [0.2, 0.25) is 17.7 Å². The van der Waals surface area contributed by atoms with Crippen LogP contribution in [0.4, 0.5) is 0 Å². The first kappa shape index (κ1) is 18.0. The lowest BCUT2D eigenvalue weighted by Crippen LogP contribution is -2.46.